The first-order valence-electron chi connectivity index (χ1n) is 11.6. The molecule has 0 aliphatic heterocycles. The molecule has 6 heteroatoms. The van der Waals surface area contributed by atoms with Gasteiger partial charge in [0.1, 0.15) is 11.3 Å². The van der Waals surface area contributed by atoms with E-state index in [1.807, 2.05) is 24.3 Å². The van der Waals surface area contributed by atoms with Crippen LogP contribution in [0.2, 0.25) is 5.02 Å². The zero-order valence-electron chi connectivity index (χ0n) is 18.3. The molecule has 1 aliphatic rings. The van der Waals surface area contributed by atoms with Crippen LogP contribution in [0.4, 0.5) is 0 Å². The number of para-hydroxylation sites is 1. The predicted octanol–water partition coefficient (Wildman–Crippen LogP) is 6.37. The Bertz CT molecular complexity index is 1060. The minimum absolute atomic E-state index is 0.0816. The molecule has 0 radical (unpaired) electrons. The van der Waals surface area contributed by atoms with Crippen LogP contribution in [0, 0.1) is 11.8 Å². The van der Waals surface area contributed by atoms with Gasteiger partial charge in [-0.1, -0.05) is 61.9 Å². The van der Waals surface area contributed by atoms with Gasteiger partial charge in [0.15, 0.2) is 11.5 Å². The summed E-state index contributed by atoms with van der Waals surface area (Å²) in [6.07, 6.45) is 8.89. The lowest BCUT2D eigenvalue weighted by atomic mass is 9.79. The number of hydrogen-bond donors (Lipinski definition) is 2. The molecule has 2 aromatic carbocycles. The van der Waals surface area contributed by atoms with Crippen molar-refractivity contribution < 1.29 is 14.3 Å². The SMILES string of the molecule is NC(=O)C(CC1CCCCC1)CC(CCc1ccccc1O)c1nc2cc(Cl)ccc2o1. The second-order valence-electron chi connectivity index (χ2n) is 9.10. The third-order valence-corrected chi connectivity index (χ3v) is 7.02. The molecule has 0 spiro atoms. The van der Waals surface area contributed by atoms with Gasteiger partial charge in [0, 0.05) is 16.9 Å². The lowest BCUT2D eigenvalue weighted by Gasteiger charge is -2.27. The van der Waals surface area contributed by atoms with Crippen LogP contribution >= 0.6 is 11.6 Å². The van der Waals surface area contributed by atoms with Gasteiger partial charge in [-0.3, -0.25) is 4.79 Å². The van der Waals surface area contributed by atoms with Crippen molar-refractivity contribution in [1.29, 1.82) is 0 Å². The van der Waals surface area contributed by atoms with E-state index < -0.39 is 0 Å². The summed E-state index contributed by atoms with van der Waals surface area (Å²) in [6.45, 7) is 0. The fourth-order valence-corrected chi connectivity index (χ4v) is 5.15. The van der Waals surface area contributed by atoms with Crippen molar-refractivity contribution in [2.24, 2.45) is 17.6 Å². The van der Waals surface area contributed by atoms with Crippen LogP contribution in [0.15, 0.2) is 46.9 Å². The maximum absolute atomic E-state index is 12.4. The number of fused-ring (bicyclic) bond motifs is 1. The van der Waals surface area contributed by atoms with E-state index in [0.29, 0.717) is 47.2 Å². The van der Waals surface area contributed by atoms with Crippen molar-refractivity contribution in [2.45, 2.75) is 63.7 Å². The summed E-state index contributed by atoms with van der Waals surface area (Å²) in [7, 11) is 0. The Labute approximate surface area is 194 Å². The first kappa shape index (κ1) is 22.7. The molecule has 1 amide bonds. The van der Waals surface area contributed by atoms with Gasteiger partial charge in [-0.2, -0.15) is 0 Å². The topological polar surface area (TPSA) is 89.4 Å². The maximum Gasteiger partial charge on any atom is 0.220 e. The molecule has 32 heavy (non-hydrogen) atoms. The monoisotopic (exact) mass is 454 g/mol. The molecule has 3 N–H and O–H groups in total. The number of nitrogens with two attached hydrogens (primary N) is 1. The molecule has 2 unspecified atom stereocenters. The van der Waals surface area contributed by atoms with Gasteiger partial charge in [-0.15, -0.1) is 0 Å². The number of benzene rings is 2. The zero-order valence-corrected chi connectivity index (χ0v) is 19.1. The molecule has 1 heterocycles. The summed E-state index contributed by atoms with van der Waals surface area (Å²) in [5.74, 6) is 0.898. The van der Waals surface area contributed by atoms with E-state index in [1.165, 1.54) is 32.1 Å². The van der Waals surface area contributed by atoms with E-state index in [2.05, 4.69) is 0 Å². The highest BCUT2D eigenvalue weighted by Crippen LogP contribution is 2.36. The highest BCUT2D eigenvalue weighted by atomic mass is 35.5. The van der Waals surface area contributed by atoms with Crippen molar-refractivity contribution in [1.82, 2.24) is 4.98 Å². The number of amides is 1. The summed E-state index contributed by atoms with van der Waals surface area (Å²) in [6, 6.07) is 12.7. The number of carbonyl (C=O) groups is 1. The second-order valence-corrected chi connectivity index (χ2v) is 9.54. The highest BCUT2D eigenvalue weighted by molar-refractivity contribution is 6.31. The van der Waals surface area contributed by atoms with Gasteiger partial charge < -0.3 is 15.3 Å². The average Bonchev–Trinajstić information content (AvgIpc) is 3.20. The molecule has 2 atom stereocenters. The van der Waals surface area contributed by atoms with Crippen molar-refractivity contribution in [2.75, 3.05) is 0 Å². The summed E-state index contributed by atoms with van der Waals surface area (Å²) < 4.78 is 6.09. The largest absolute Gasteiger partial charge is 0.508 e. The number of primary amides is 1. The number of aryl methyl sites for hydroxylation is 1. The molecule has 1 fully saturated rings. The third-order valence-electron chi connectivity index (χ3n) is 6.78. The molecule has 1 aromatic heterocycles. The van der Waals surface area contributed by atoms with Gasteiger partial charge in [-0.05, 0) is 61.4 Å². The number of aromatic nitrogens is 1. The molecule has 0 saturated heterocycles. The van der Waals surface area contributed by atoms with Crippen molar-refractivity contribution in [3.05, 3.63) is 58.9 Å². The normalized spacial score (nSPS) is 16.8. The smallest absolute Gasteiger partial charge is 0.220 e. The van der Waals surface area contributed by atoms with Crippen molar-refractivity contribution in [3.63, 3.8) is 0 Å². The van der Waals surface area contributed by atoms with Gasteiger partial charge in [0.25, 0.3) is 0 Å². The van der Waals surface area contributed by atoms with Crippen LogP contribution in [-0.2, 0) is 11.2 Å². The Hall–Kier alpha value is -2.53. The number of oxazole rings is 1. The molecule has 3 aromatic rings. The number of hydrogen-bond acceptors (Lipinski definition) is 4. The minimum atomic E-state index is -0.248. The number of nitrogens with zero attached hydrogens (tertiary/aromatic N) is 1. The average molecular weight is 455 g/mol. The van der Waals surface area contributed by atoms with Gasteiger partial charge in [0.2, 0.25) is 5.91 Å². The maximum atomic E-state index is 12.4. The number of halogens is 1. The van der Waals surface area contributed by atoms with E-state index in [9.17, 15) is 9.90 Å². The zero-order chi connectivity index (χ0) is 22.5. The van der Waals surface area contributed by atoms with Gasteiger partial charge in [-0.25, -0.2) is 4.98 Å². The van der Waals surface area contributed by atoms with Gasteiger partial charge in [0.05, 0.1) is 0 Å². The Morgan fingerprint density at radius 1 is 1.19 bits per heavy atom. The van der Waals surface area contributed by atoms with Crippen LogP contribution in [0.25, 0.3) is 11.1 Å². The number of aromatic hydroxyl groups is 1. The fraction of sp³-hybridized carbons (Fsp3) is 0.462. The first-order chi connectivity index (χ1) is 15.5. The Morgan fingerprint density at radius 3 is 2.72 bits per heavy atom. The van der Waals surface area contributed by atoms with E-state index in [0.717, 1.165) is 12.0 Å². The third kappa shape index (κ3) is 5.63. The standard InChI is InChI=1S/C26H31ClN2O3/c27-21-12-13-24-22(16-21)29-26(32-24)19(11-10-18-8-4-5-9-23(18)30)15-20(25(28)31)14-17-6-2-1-3-7-17/h4-5,8-9,12-13,16-17,19-20,30H,1-3,6-7,10-11,14-15H2,(H2,28,31). The summed E-state index contributed by atoms with van der Waals surface area (Å²) >= 11 is 6.13. The number of rotatable bonds is 9. The predicted molar refractivity (Wildman–Crippen MR) is 127 cm³/mol. The van der Waals surface area contributed by atoms with Crippen LogP contribution < -0.4 is 5.73 Å². The van der Waals surface area contributed by atoms with E-state index in [-0.39, 0.29) is 23.5 Å². The van der Waals surface area contributed by atoms with Crippen LogP contribution in [-0.4, -0.2) is 16.0 Å². The second kappa shape index (κ2) is 10.4. The molecule has 4 rings (SSSR count). The Balaban J connectivity index is 1.57. The minimum Gasteiger partial charge on any atom is -0.508 e. The summed E-state index contributed by atoms with van der Waals surface area (Å²) in [4.78, 5) is 17.1. The summed E-state index contributed by atoms with van der Waals surface area (Å²) in [5.41, 5.74) is 8.13. The first-order valence-corrected chi connectivity index (χ1v) is 12.0. The Morgan fingerprint density at radius 2 is 1.97 bits per heavy atom. The van der Waals surface area contributed by atoms with Crippen LogP contribution in [0.5, 0.6) is 5.75 Å². The molecular formula is C26H31ClN2O3. The lowest BCUT2D eigenvalue weighted by molar-refractivity contribution is -0.122. The van der Waals surface area contributed by atoms with Crippen LogP contribution in [0.1, 0.15) is 68.7 Å². The quantitative estimate of drug-likeness (QED) is 0.393. The fourth-order valence-electron chi connectivity index (χ4n) is 4.98. The molecular weight excluding hydrogens is 424 g/mol. The number of carbonyl (C=O) groups excluding carboxylic acids is 1. The number of phenols is 1. The molecule has 5 nitrogen and oxygen atoms in total. The Kier molecular flexibility index (Phi) is 7.36. The highest BCUT2D eigenvalue weighted by Gasteiger charge is 2.29. The van der Waals surface area contributed by atoms with Crippen LogP contribution in [0.3, 0.4) is 0 Å². The van der Waals surface area contributed by atoms with E-state index >= 15 is 0 Å². The van der Waals surface area contributed by atoms with Crippen molar-refractivity contribution in [3.8, 4) is 5.75 Å². The number of phenolic OH excluding ortho intramolecular Hbond substituents is 1. The van der Waals surface area contributed by atoms with Gasteiger partial charge >= 0.3 is 0 Å². The van der Waals surface area contributed by atoms with E-state index in [4.69, 9.17) is 26.7 Å². The molecule has 1 aliphatic carbocycles. The summed E-state index contributed by atoms with van der Waals surface area (Å²) in [5, 5.41) is 10.8. The lowest BCUT2D eigenvalue weighted by Crippen LogP contribution is -2.28. The van der Waals surface area contributed by atoms with E-state index in [1.54, 1.807) is 18.2 Å². The molecule has 0 bridgehead atoms. The van der Waals surface area contributed by atoms with Crippen molar-refractivity contribution >= 4 is 28.6 Å². The molecule has 1 saturated carbocycles. The molecule has 170 valence electrons.